The molecule has 4 rings (SSSR count). The molecular formula is C22H20N2O4S2. The van der Waals surface area contributed by atoms with Crippen molar-refractivity contribution < 1.29 is 19.1 Å². The Morgan fingerprint density at radius 2 is 1.87 bits per heavy atom. The van der Waals surface area contributed by atoms with Crippen LogP contribution in [0.15, 0.2) is 46.1 Å². The molecule has 0 atom stereocenters. The van der Waals surface area contributed by atoms with Crippen LogP contribution in [0, 0.1) is 13.8 Å². The van der Waals surface area contributed by atoms with Gasteiger partial charge in [0.15, 0.2) is 21.6 Å². The summed E-state index contributed by atoms with van der Waals surface area (Å²) >= 11 is 2.80. The number of thiazole rings is 1. The number of hydrogen-bond donors (Lipinski definition) is 1. The molecule has 1 amide bonds. The topological polar surface area (TPSA) is 77.5 Å². The van der Waals surface area contributed by atoms with E-state index in [1.807, 2.05) is 31.4 Å². The second-order valence-corrected chi connectivity index (χ2v) is 9.07. The first-order valence-corrected chi connectivity index (χ1v) is 11.2. The van der Waals surface area contributed by atoms with Crippen LogP contribution in [0.3, 0.4) is 0 Å². The van der Waals surface area contributed by atoms with Crippen LogP contribution < -0.4 is 14.8 Å². The van der Waals surface area contributed by atoms with Crippen LogP contribution >= 0.6 is 23.1 Å². The molecule has 1 aliphatic heterocycles. The van der Waals surface area contributed by atoms with Gasteiger partial charge in [0.2, 0.25) is 12.7 Å². The summed E-state index contributed by atoms with van der Waals surface area (Å²) in [7, 11) is 0. The summed E-state index contributed by atoms with van der Waals surface area (Å²) in [6.07, 6.45) is 0.195. The van der Waals surface area contributed by atoms with E-state index >= 15 is 0 Å². The molecule has 2 aromatic carbocycles. The Kier molecular flexibility index (Phi) is 6.06. The van der Waals surface area contributed by atoms with Gasteiger partial charge in [-0.25, -0.2) is 4.98 Å². The standard InChI is InChI=1S/C22H20N2O4S2/c1-13-5-14(2)7-16(6-13)23-21(26)9-17-10-29-22(24-17)30-11-18(25)15-3-4-19-20(8-15)28-12-27-19/h3-8,10H,9,11-12H2,1-2H3,(H,23,26). The number of anilines is 1. The highest BCUT2D eigenvalue weighted by Crippen LogP contribution is 2.33. The Morgan fingerprint density at radius 1 is 1.10 bits per heavy atom. The van der Waals surface area contributed by atoms with Gasteiger partial charge < -0.3 is 14.8 Å². The zero-order valence-electron chi connectivity index (χ0n) is 16.6. The summed E-state index contributed by atoms with van der Waals surface area (Å²) in [4.78, 5) is 29.3. The molecule has 1 aliphatic rings. The number of nitrogens with zero attached hydrogens (tertiary/aromatic N) is 1. The van der Waals surface area contributed by atoms with Gasteiger partial charge in [-0.1, -0.05) is 17.8 Å². The number of fused-ring (bicyclic) bond motifs is 1. The van der Waals surface area contributed by atoms with E-state index in [2.05, 4.69) is 16.4 Å². The molecule has 3 aromatic rings. The lowest BCUT2D eigenvalue weighted by molar-refractivity contribution is -0.115. The molecule has 0 fully saturated rings. The van der Waals surface area contributed by atoms with E-state index in [0.717, 1.165) is 21.2 Å². The zero-order chi connectivity index (χ0) is 21.1. The number of ketones is 1. The predicted octanol–water partition coefficient (Wildman–Crippen LogP) is 4.64. The maximum Gasteiger partial charge on any atom is 0.231 e. The second-order valence-electron chi connectivity index (χ2n) is 6.99. The fourth-order valence-electron chi connectivity index (χ4n) is 3.13. The van der Waals surface area contributed by atoms with Gasteiger partial charge in [-0.2, -0.15) is 0 Å². The molecule has 6 nitrogen and oxygen atoms in total. The minimum Gasteiger partial charge on any atom is -0.454 e. The van der Waals surface area contributed by atoms with E-state index in [0.29, 0.717) is 22.8 Å². The third-order valence-corrected chi connectivity index (χ3v) is 6.47. The summed E-state index contributed by atoms with van der Waals surface area (Å²) in [6, 6.07) is 11.1. The monoisotopic (exact) mass is 440 g/mol. The largest absolute Gasteiger partial charge is 0.454 e. The van der Waals surface area contributed by atoms with Crippen LogP contribution in [0.2, 0.25) is 0 Å². The number of rotatable bonds is 7. The summed E-state index contributed by atoms with van der Waals surface area (Å²) in [5, 5.41) is 4.77. The Labute approximate surface area is 182 Å². The van der Waals surface area contributed by atoms with E-state index in [1.165, 1.54) is 23.1 Å². The first-order valence-electron chi connectivity index (χ1n) is 9.34. The number of nitrogens with one attached hydrogen (secondary N) is 1. The van der Waals surface area contributed by atoms with Crippen LogP contribution in [0.25, 0.3) is 0 Å². The number of Topliss-reactive ketones (excluding diaryl/α,β-unsaturated/α-hetero) is 1. The van der Waals surface area contributed by atoms with E-state index in [-0.39, 0.29) is 30.7 Å². The maximum atomic E-state index is 12.5. The molecule has 0 saturated heterocycles. The van der Waals surface area contributed by atoms with Gasteiger partial charge in [-0.15, -0.1) is 11.3 Å². The fraction of sp³-hybridized carbons (Fsp3) is 0.227. The number of amides is 1. The van der Waals surface area contributed by atoms with Crippen molar-refractivity contribution in [2.45, 2.75) is 24.6 Å². The average Bonchev–Trinajstić information content (AvgIpc) is 3.33. The van der Waals surface area contributed by atoms with Crippen LogP contribution in [0.4, 0.5) is 5.69 Å². The van der Waals surface area contributed by atoms with Crippen LogP contribution in [0.1, 0.15) is 27.2 Å². The van der Waals surface area contributed by atoms with Crippen LogP contribution in [-0.4, -0.2) is 29.2 Å². The first kappa shape index (κ1) is 20.4. The quantitative estimate of drug-likeness (QED) is 0.426. The molecule has 0 saturated carbocycles. The van der Waals surface area contributed by atoms with Crippen LogP contribution in [-0.2, 0) is 11.2 Å². The van der Waals surface area contributed by atoms with Crippen molar-refractivity contribution in [3.63, 3.8) is 0 Å². The van der Waals surface area contributed by atoms with E-state index < -0.39 is 0 Å². The van der Waals surface area contributed by atoms with Crippen molar-refractivity contribution in [2.75, 3.05) is 17.9 Å². The number of carbonyl (C=O) groups is 2. The molecular weight excluding hydrogens is 420 g/mol. The van der Waals surface area contributed by atoms with Gasteiger partial charge in [0.1, 0.15) is 0 Å². The summed E-state index contributed by atoms with van der Waals surface area (Å²) < 4.78 is 11.3. The number of ether oxygens (including phenoxy) is 2. The highest BCUT2D eigenvalue weighted by Gasteiger charge is 2.17. The van der Waals surface area contributed by atoms with Crippen molar-refractivity contribution in [1.29, 1.82) is 0 Å². The van der Waals surface area contributed by atoms with Gasteiger partial charge in [0.25, 0.3) is 0 Å². The van der Waals surface area contributed by atoms with Gasteiger partial charge in [0, 0.05) is 16.6 Å². The number of hydrogen-bond acceptors (Lipinski definition) is 7. The Hall–Kier alpha value is -2.84. The molecule has 8 heteroatoms. The highest BCUT2D eigenvalue weighted by atomic mass is 32.2. The third kappa shape index (κ3) is 5.01. The Bertz CT molecular complexity index is 1090. The number of aromatic nitrogens is 1. The first-order chi connectivity index (χ1) is 14.5. The van der Waals surface area contributed by atoms with Gasteiger partial charge in [-0.05, 0) is 55.3 Å². The van der Waals surface area contributed by atoms with Crippen LogP contribution in [0.5, 0.6) is 11.5 Å². The molecule has 0 aliphatic carbocycles. The molecule has 0 spiro atoms. The van der Waals surface area contributed by atoms with Gasteiger partial charge >= 0.3 is 0 Å². The lowest BCUT2D eigenvalue weighted by Crippen LogP contribution is -2.14. The third-order valence-electron chi connectivity index (χ3n) is 4.40. The average molecular weight is 441 g/mol. The highest BCUT2D eigenvalue weighted by molar-refractivity contribution is 8.01. The molecule has 0 bridgehead atoms. The smallest absolute Gasteiger partial charge is 0.231 e. The molecule has 1 N–H and O–H groups in total. The number of thioether (sulfide) groups is 1. The molecule has 2 heterocycles. The Balaban J connectivity index is 1.30. The fourth-order valence-corrected chi connectivity index (χ4v) is 4.87. The SMILES string of the molecule is Cc1cc(C)cc(NC(=O)Cc2csc(SCC(=O)c3ccc4c(c3)OCO4)n2)c1. The molecule has 30 heavy (non-hydrogen) atoms. The number of aryl methyl sites for hydroxylation is 2. The van der Waals surface area contributed by atoms with E-state index in [9.17, 15) is 9.59 Å². The number of carbonyl (C=O) groups excluding carboxylic acids is 2. The van der Waals surface area contributed by atoms with Crippen molar-refractivity contribution in [3.8, 4) is 11.5 Å². The minimum atomic E-state index is -0.113. The summed E-state index contributed by atoms with van der Waals surface area (Å²) in [6.45, 7) is 4.18. The summed E-state index contributed by atoms with van der Waals surface area (Å²) in [5.74, 6) is 1.39. The van der Waals surface area contributed by atoms with Crippen molar-refractivity contribution in [3.05, 3.63) is 64.2 Å². The minimum absolute atomic E-state index is 0.0115. The molecule has 0 unspecified atom stereocenters. The lowest BCUT2D eigenvalue weighted by atomic mass is 10.1. The lowest BCUT2D eigenvalue weighted by Gasteiger charge is -2.06. The molecule has 154 valence electrons. The van der Waals surface area contributed by atoms with E-state index in [4.69, 9.17) is 9.47 Å². The summed E-state index contributed by atoms with van der Waals surface area (Å²) in [5.41, 5.74) is 4.27. The normalized spacial score (nSPS) is 12.1. The van der Waals surface area contributed by atoms with Crippen molar-refractivity contribution in [2.24, 2.45) is 0 Å². The molecule has 0 radical (unpaired) electrons. The Morgan fingerprint density at radius 3 is 2.67 bits per heavy atom. The van der Waals surface area contributed by atoms with E-state index in [1.54, 1.807) is 18.2 Å². The number of benzene rings is 2. The molecule has 1 aromatic heterocycles. The van der Waals surface area contributed by atoms with Crippen molar-refractivity contribution >= 4 is 40.5 Å². The second kappa shape index (κ2) is 8.89. The van der Waals surface area contributed by atoms with Crippen molar-refractivity contribution in [1.82, 2.24) is 4.98 Å². The predicted molar refractivity (Wildman–Crippen MR) is 118 cm³/mol. The van der Waals surface area contributed by atoms with Gasteiger partial charge in [0.05, 0.1) is 17.9 Å². The van der Waals surface area contributed by atoms with Gasteiger partial charge in [-0.3, -0.25) is 9.59 Å². The maximum absolute atomic E-state index is 12.5. The zero-order valence-corrected chi connectivity index (χ0v) is 18.2.